The summed E-state index contributed by atoms with van der Waals surface area (Å²) in [5.41, 5.74) is 5.07. The Morgan fingerprint density at radius 2 is 1.82 bits per heavy atom. The highest BCUT2D eigenvalue weighted by atomic mass is 35.5. The first-order valence-corrected chi connectivity index (χ1v) is 10.9. The Hall–Kier alpha value is -1.78. The molecule has 0 amide bonds. The van der Waals surface area contributed by atoms with E-state index in [2.05, 4.69) is 31.7 Å². The van der Waals surface area contributed by atoms with E-state index >= 15 is 0 Å². The van der Waals surface area contributed by atoms with Gasteiger partial charge in [0, 0.05) is 29.7 Å². The van der Waals surface area contributed by atoms with Crippen LogP contribution in [0.2, 0.25) is 10.0 Å². The summed E-state index contributed by atoms with van der Waals surface area (Å²) in [7, 11) is 0. The number of aryl methyl sites for hydroxylation is 1. The van der Waals surface area contributed by atoms with E-state index in [1.807, 2.05) is 16.8 Å². The lowest BCUT2D eigenvalue weighted by atomic mass is 9.99. The van der Waals surface area contributed by atoms with Gasteiger partial charge in [0.1, 0.15) is 0 Å². The molecule has 0 N–H and O–H groups in total. The van der Waals surface area contributed by atoms with Crippen LogP contribution in [0.15, 0.2) is 24.3 Å². The molecule has 3 heterocycles. The Kier molecular flexibility index (Phi) is 5.52. The molecule has 2 aromatic heterocycles. The molecule has 0 radical (unpaired) electrons. The summed E-state index contributed by atoms with van der Waals surface area (Å²) < 4.78 is 1.89. The molecule has 0 unspecified atom stereocenters. The molecule has 1 aliphatic heterocycles. The van der Waals surface area contributed by atoms with Crippen LogP contribution in [0, 0.1) is 6.92 Å². The van der Waals surface area contributed by atoms with Crippen LogP contribution in [-0.4, -0.2) is 27.4 Å². The number of anilines is 1. The quantitative estimate of drug-likeness (QED) is 0.468. The van der Waals surface area contributed by atoms with Crippen LogP contribution in [0.3, 0.4) is 0 Å². The van der Waals surface area contributed by atoms with Gasteiger partial charge in [-0.05, 0) is 44.0 Å². The molecule has 0 spiro atoms. The predicted octanol–water partition coefficient (Wildman–Crippen LogP) is 6.37. The van der Waals surface area contributed by atoms with Crippen molar-refractivity contribution in [1.82, 2.24) is 14.8 Å². The van der Waals surface area contributed by atoms with E-state index in [9.17, 15) is 0 Å². The zero-order valence-electron chi connectivity index (χ0n) is 16.7. The van der Waals surface area contributed by atoms with Crippen molar-refractivity contribution >= 4 is 39.9 Å². The molecule has 0 saturated heterocycles. The smallest absolute Gasteiger partial charge is 0.165 e. The van der Waals surface area contributed by atoms with E-state index in [1.165, 1.54) is 36.8 Å². The highest BCUT2D eigenvalue weighted by Crippen LogP contribution is 2.38. The van der Waals surface area contributed by atoms with Crippen LogP contribution in [-0.2, 0) is 6.42 Å². The number of halogens is 2. The summed E-state index contributed by atoms with van der Waals surface area (Å²) >= 11 is 12.6. The molecule has 3 aromatic rings. The summed E-state index contributed by atoms with van der Waals surface area (Å²) in [6, 6.07) is 8.30. The molecule has 0 saturated carbocycles. The van der Waals surface area contributed by atoms with Crippen molar-refractivity contribution in [2.75, 3.05) is 11.4 Å². The second-order valence-electron chi connectivity index (χ2n) is 7.61. The number of benzene rings is 1. The molecule has 0 aliphatic carbocycles. The fraction of sp³-hybridized carbons (Fsp3) is 0.455. The Balaban J connectivity index is 1.90. The summed E-state index contributed by atoms with van der Waals surface area (Å²) in [6.45, 7) is 7.59. The lowest BCUT2D eigenvalue weighted by Crippen LogP contribution is -2.39. The number of pyridine rings is 1. The Morgan fingerprint density at radius 3 is 2.50 bits per heavy atom. The van der Waals surface area contributed by atoms with Gasteiger partial charge in [-0.3, -0.25) is 0 Å². The molecule has 4 rings (SSSR count). The van der Waals surface area contributed by atoms with Crippen LogP contribution in [0.5, 0.6) is 0 Å². The molecular weight excluding hydrogens is 391 g/mol. The number of rotatable bonds is 6. The molecule has 0 atom stereocenters. The third kappa shape index (κ3) is 3.37. The van der Waals surface area contributed by atoms with E-state index < -0.39 is 0 Å². The van der Waals surface area contributed by atoms with E-state index in [1.54, 1.807) is 6.07 Å². The summed E-state index contributed by atoms with van der Waals surface area (Å²) in [6.07, 6.45) is 5.74. The lowest BCUT2D eigenvalue weighted by Gasteiger charge is -2.36. The minimum absolute atomic E-state index is 0.565. The highest BCUT2D eigenvalue weighted by Gasteiger charge is 2.29. The number of hydrogen-bond acceptors (Lipinski definition) is 3. The molecule has 4 nitrogen and oxygen atoms in total. The molecule has 1 aromatic carbocycles. The third-order valence-corrected chi connectivity index (χ3v) is 6.08. The number of hydrogen-bond donors (Lipinski definition) is 0. The maximum atomic E-state index is 6.49. The van der Waals surface area contributed by atoms with Crippen LogP contribution in [0.4, 0.5) is 5.69 Å². The van der Waals surface area contributed by atoms with E-state index in [-0.39, 0.29) is 0 Å². The van der Waals surface area contributed by atoms with E-state index in [0.29, 0.717) is 16.1 Å². The van der Waals surface area contributed by atoms with Gasteiger partial charge >= 0.3 is 0 Å². The van der Waals surface area contributed by atoms with Crippen molar-refractivity contribution in [3.05, 3.63) is 45.7 Å². The van der Waals surface area contributed by atoms with Gasteiger partial charge in [-0.2, -0.15) is 5.10 Å². The van der Waals surface area contributed by atoms with Crippen LogP contribution in [0.25, 0.3) is 16.7 Å². The second kappa shape index (κ2) is 7.92. The first-order chi connectivity index (χ1) is 13.5. The normalized spacial score (nSPS) is 13.7. The Bertz CT molecular complexity index is 1010. The number of nitrogens with zero attached hydrogens (tertiary/aromatic N) is 4. The van der Waals surface area contributed by atoms with Gasteiger partial charge < -0.3 is 4.90 Å². The maximum Gasteiger partial charge on any atom is 0.165 e. The van der Waals surface area contributed by atoms with Gasteiger partial charge in [0.05, 0.1) is 27.5 Å². The SMILES string of the molecule is CCCC(CCC)N1CCc2nn(-c3ccc(Cl)cc3Cl)c3nc(C)cc1c23. The average molecular weight is 417 g/mol. The largest absolute Gasteiger partial charge is 0.367 e. The van der Waals surface area contributed by atoms with Crippen LogP contribution in [0.1, 0.15) is 50.9 Å². The molecular formula is C22H26Cl2N4. The average Bonchev–Trinajstić information content (AvgIpc) is 3.01. The van der Waals surface area contributed by atoms with Crippen molar-refractivity contribution in [1.29, 1.82) is 0 Å². The van der Waals surface area contributed by atoms with Gasteiger partial charge in [-0.25, -0.2) is 9.67 Å². The topological polar surface area (TPSA) is 34.0 Å². The first-order valence-electron chi connectivity index (χ1n) is 10.1. The molecule has 0 bridgehead atoms. The maximum absolute atomic E-state index is 6.49. The zero-order chi connectivity index (χ0) is 19.8. The van der Waals surface area contributed by atoms with Gasteiger partial charge in [0.15, 0.2) is 5.65 Å². The predicted molar refractivity (Wildman–Crippen MR) is 118 cm³/mol. The minimum Gasteiger partial charge on any atom is -0.367 e. The summed E-state index contributed by atoms with van der Waals surface area (Å²) in [4.78, 5) is 7.44. The zero-order valence-corrected chi connectivity index (χ0v) is 18.2. The van der Waals surface area contributed by atoms with Gasteiger partial charge in [0.2, 0.25) is 0 Å². The van der Waals surface area contributed by atoms with Crippen molar-refractivity contribution in [2.45, 2.75) is 58.9 Å². The minimum atomic E-state index is 0.565. The fourth-order valence-corrected chi connectivity index (χ4v) is 4.85. The monoisotopic (exact) mass is 416 g/mol. The van der Waals surface area contributed by atoms with Crippen LogP contribution < -0.4 is 4.90 Å². The Morgan fingerprint density at radius 1 is 1.07 bits per heavy atom. The summed E-state index contributed by atoms with van der Waals surface area (Å²) in [5, 5.41) is 7.28. The second-order valence-corrected chi connectivity index (χ2v) is 8.45. The van der Waals surface area contributed by atoms with E-state index in [4.69, 9.17) is 33.3 Å². The van der Waals surface area contributed by atoms with Crippen molar-refractivity contribution < 1.29 is 0 Å². The first kappa shape index (κ1) is 19.5. The van der Waals surface area contributed by atoms with Crippen LogP contribution >= 0.6 is 23.2 Å². The standard InChI is InChI=1S/C22H26Cl2N4/c1-4-6-16(7-5-2)27-11-10-18-21-20(27)12-14(3)25-22(21)28(26-18)19-9-8-15(23)13-17(19)24/h8-9,12-13,16H,4-7,10-11H2,1-3H3. The molecule has 1 aliphatic rings. The summed E-state index contributed by atoms with van der Waals surface area (Å²) in [5.74, 6) is 0. The molecule has 6 heteroatoms. The van der Waals surface area contributed by atoms with Crippen molar-refractivity contribution in [3.63, 3.8) is 0 Å². The van der Waals surface area contributed by atoms with E-state index in [0.717, 1.165) is 35.7 Å². The van der Waals surface area contributed by atoms with Gasteiger partial charge in [-0.15, -0.1) is 0 Å². The lowest BCUT2D eigenvalue weighted by molar-refractivity contribution is 0.501. The van der Waals surface area contributed by atoms with Crippen molar-refractivity contribution in [3.8, 4) is 5.69 Å². The highest BCUT2D eigenvalue weighted by molar-refractivity contribution is 6.35. The fourth-order valence-electron chi connectivity index (χ4n) is 4.36. The van der Waals surface area contributed by atoms with Crippen molar-refractivity contribution in [2.24, 2.45) is 0 Å². The molecule has 148 valence electrons. The molecule has 28 heavy (non-hydrogen) atoms. The van der Waals surface area contributed by atoms with Gasteiger partial charge in [0.25, 0.3) is 0 Å². The Labute approximate surface area is 176 Å². The number of aromatic nitrogens is 3. The third-order valence-electron chi connectivity index (χ3n) is 5.54. The molecule has 0 fully saturated rings. The van der Waals surface area contributed by atoms with Gasteiger partial charge in [-0.1, -0.05) is 49.9 Å².